The topological polar surface area (TPSA) is 42.0 Å². The van der Waals surface area contributed by atoms with Gasteiger partial charge in [0.1, 0.15) is 0 Å². The fraction of sp³-hybridized carbons (Fsp3) is 0. The molecule has 0 amide bonds. The molecule has 1 aliphatic heterocycles. The molecule has 0 saturated carbocycles. The Labute approximate surface area is 123 Å². The molecule has 0 fully saturated rings. The summed E-state index contributed by atoms with van der Waals surface area (Å²) >= 11 is 6.35. The molecule has 0 saturated heterocycles. The molecule has 1 atom stereocenters. The lowest BCUT2D eigenvalue weighted by Gasteiger charge is -2.22. The van der Waals surface area contributed by atoms with Crippen LogP contribution in [-0.4, -0.2) is 9.19 Å². The van der Waals surface area contributed by atoms with Gasteiger partial charge in [-0.1, -0.05) is 29.8 Å². The standard InChI is InChI=1S/C15H9ClN2OS/c16-12-8-11-9-4-1-2-6-13(9)20(19)18-15(11)14-10(12)5-3-7-17-14/h1-8,18H. The Kier molecular flexibility index (Phi) is 2.55. The predicted octanol–water partition coefficient (Wildman–Crippen LogP) is 4.00. The van der Waals surface area contributed by atoms with Crippen molar-refractivity contribution in [2.24, 2.45) is 0 Å². The summed E-state index contributed by atoms with van der Waals surface area (Å²) < 4.78 is 15.4. The molecule has 0 bridgehead atoms. The maximum atomic E-state index is 12.3. The lowest BCUT2D eigenvalue weighted by Crippen LogP contribution is -2.13. The first-order valence-electron chi connectivity index (χ1n) is 6.11. The minimum atomic E-state index is -1.27. The van der Waals surface area contributed by atoms with Crippen LogP contribution in [-0.2, 0) is 11.0 Å². The zero-order valence-electron chi connectivity index (χ0n) is 10.3. The van der Waals surface area contributed by atoms with E-state index in [4.69, 9.17) is 11.6 Å². The monoisotopic (exact) mass is 300 g/mol. The minimum Gasteiger partial charge on any atom is -0.298 e. The first kappa shape index (κ1) is 11.9. The number of hydrogen-bond acceptors (Lipinski definition) is 2. The van der Waals surface area contributed by atoms with E-state index >= 15 is 0 Å². The van der Waals surface area contributed by atoms with Gasteiger partial charge in [-0.05, 0) is 24.3 Å². The summed E-state index contributed by atoms with van der Waals surface area (Å²) in [6, 6.07) is 13.3. The van der Waals surface area contributed by atoms with Gasteiger partial charge in [-0.3, -0.25) is 9.71 Å². The van der Waals surface area contributed by atoms with Crippen molar-refractivity contribution in [1.82, 2.24) is 4.98 Å². The average molecular weight is 301 g/mol. The summed E-state index contributed by atoms with van der Waals surface area (Å²) in [5.41, 5.74) is 3.41. The van der Waals surface area contributed by atoms with Gasteiger partial charge in [0.25, 0.3) is 0 Å². The minimum absolute atomic E-state index is 0.649. The lowest BCUT2D eigenvalue weighted by molar-refractivity contribution is 0.686. The molecule has 0 aliphatic carbocycles. The van der Waals surface area contributed by atoms with Gasteiger partial charge in [0, 0.05) is 22.7 Å². The van der Waals surface area contributed by atoms with E-state index in [0.29, 0.717) is 5.02 Å². The van der Waals surface area contributed by atoms with E-state index in [1.165, 1.54) is 0 Å². The van der Waals surface area contributed by atoms with Crippen molar-refractivity contribution in [2.75, 3.05) is 4.72 Å². The van der Waals surface area contributed by atoms with Crippen molar-refractivity contribution < 1.29 is 4.21 Å². The quantitative estimate of drug-likeness (QED) is 0.682. The summed E-state index contributed by atoms with van der Waals surface area (Å²) in [5.74, 6) is 0. The van der Waals surface area contributed by atoms with E-state index in [9.17, 15) is 4.21 Å². The van der Waals surface area contributed by atoms with Gasteiger partial charge in [-0.25, -0.2) is 4.21 Å². The van der Waals surface area contributed by atoms with E-state index in [1.807, 2.05) is 42.5 Å². The number of nitrogens with one attached hydrogen (secondary N) is 1. The lowest BCUT2D eigenvalue weighted by atomic mass is 10.0. The van der Waals surface area contributed by atoms with Crippen molar-refractivity contribution >= 4 is 39.2 Å². The zero-order chi connectivity index (χ0) is 13.7. The first-order chi connectivity index (χ1) is 9.75. The summed E-state index contributed by atoms with van der Waals surface area (Å²) in [7, 11) is -1.27. The van der Waals surface area contributed by atoms with Gasteiger partial charge in [-0.2, -0.15) is 0 Å². The summed E-state index contributed by atoms with van der Waals surface area (Å²) in [6.07, 6.45) is 1.71. The Morgan fingerprint density at radius 1 is 1.10 bits per heavy atom. The zero-order valence-corrected chi connectivity index (χ0v) is 11.8. The first-order valence-corrected chi connectivity index (χ1v) is 7.63. The second-order valence-electron chi connectivity index (χ2n) is 4.55. The van der Waals surface area contributed by atoms with Gasteiger partial charge in [0.2, 0.25) is 0 Å². The van der Waals surface area contributed by atoms with Crippen LogP contribution in [0.15, 0.2) is 53.6 Å². The van der Waals surface area contributed by atoms with Crippen LogP contribution in [0, 0.1) is 0 Å². The molecule has 1 aromatic heterocycles. The number of pyridine rings is 1. The van der Waals surface area contributed by atoms with Crippen molar-refractivity contribution in [3.8, 4) is 11.1 Å². The number of halogens is 1. The Bertz CT molecular complexity index is 879. The van der Waals surface area contributed by atoms with Gasteiger partial charge < -0.3 is 0 Å². The molecule has 4 rings (SSSR count). The van der Waals surface area contributed by atoms with Crippen LogP contribution in [0.1, 0.15) is 0 Å². The molecular formula is C15H9ClN2OS. The second kappa shape index (κ2) is 4.30. The van der Waals surface area contributed by atoms with Gasteiger partial charge in [0.05, 0.1) is 21.1 Å². The number of fused-ring (bicyclic) bond motifs is 5. The van der Waals surface area contributed by atoms with Crippen LogP contribution in [0.25, 0.3) is 22.0 Å². The number of benzene rings is 2. The van der Waals surface area contributed by atoms with Gasteiger partial charge >= 0.3 is 0 Å². The Balaban J connectivity index is 2.16. The summed E-state index contributed by atoms with van der Waals surface area (Å²) in [5, 5.41) is 1.51. The third-order valence-electron chi connectivity index (χ3n) is 3.41. The number of aromatic nitrogens is 1. The van der Waals surface area contributed by atoms with E-state index in [0.717, 1.165) is 32.6 Å². The highest BCUT2D eigenvalue weighted by atomic mass is 35.5. The molecular weight excluding hydrogens is 292 g/mol. The van der Waals surface area contributed by atoms with Gasteiger partial charge in [-0.15, -0.1) is 0 Å². The van der Waals surface area contributed by atoms with Gasteiger partial charge in [0.15, 0.2) is 11.0 Å². The number of hydrogen-bond donors (Lipinski definition) is 1. The molecule has 2 aromatic carbocycles. The Hall–Kier alpha value is -1.91. The van der Waals surface area contributed by atoms with Crippen molar-refractivity contribution in [1.29, 1.82) is 0 Å². The van der Waals surface area contributed by atoms with Crippen LogP contribution >= 0.6 is 11.6 Å². The molecule has 0 spiro atoms. The van der Waals surface area contributed by atoms with Crippen LogP contribution in [0.3, 0.4) is 0 Å². The highest BCUT2D eigenvalue weighted by Crippen LogP contribution is 2.43. The predicted molar refractivity (Wildman–Crippen MR) is 82.2 cm³/mol. The molecule has 3 nitrogen and oxygen atoms in total. The molecule has 1 unspecified atom stereocenters. The van der Waals surface area contributed by atoms with Crippen LogP contribution in [0.4, 0.5) is 5.69 Å². The highest BCUT2D eigenvalue weighted by Gasteiger charge is 2.24. The molecule has 1 N–H and O–H groups in total. The highest BCUT2D eigenvalue weighted by molar-refractivity contribution is 7.86. The van der Waals surface area contributed by atoms with E-state index in [1.54, 1.807) is 6.20 Å². The molecule has 98 valence electrons. The molecule has 5 heteroatoms. The van der Waals surface area contributed by atoms with Crippen LogP contribution < -0.4 is 4.72 Å². The van der Waals surface area contributed by atoms with Crippen LogP contribution in [0.2, 0.25) is 5.02 Å². The average Bonchev–Trinajstić information content (AvgIpc) is 2.49. The second-order valence-corrected chi connectivity index (χ2v) is 6.14. The number of rotatable bonds is 0. The molecule has 3 aromatic rings. The summed E-state index contributed by atoms with van der Waals surface area (Å²) in [6.45, 7) is 0. The van der Waals surface area contributed by atoms with E-state index in [-0.39, 0.29) is 0 Å². The van der Waals surface area contributed by atoms with Crippen molar-refractivity contribution in [3.63, 3.8) is 0 Å². The maximum absolute atomic E-state index is 12.3. The van der Waals surface area contributed by atoms with E-state index < -0.39 is 11.0 Å². The molecule has 0 radical (unpaired) electrons. The molecule has 20 heavy (non-hydrogen) atoms. The molecule has 2 heterocycles. The third-order valence-corrected chi connectivity index (χ3v) is 4.87. The molecule has 1 aliphatic rings. The largest absolute Gasteiger partial charge is 0.298 e. The normalized spacial score (nSPS) is 16.4. The van der Waals surface area contributed by atoms with Crippen molar-refractivity contribution in [3.05, 3.63) is 53.7 Å². The third kappa shape index (κ3) is 1.58. The SMILES string of the molecule is O=S1Nc2c(cc(Cl)c3cccnc23)-c2ccccc21. The van der Waals surface area contributed by atoms with Crippen molar-refractivity contribution in [2.45, 2.75) is 4.90 Å². The maximum Gasteiger partial charge on any atom is 0.151 e. The van der Waals surface area contributed by atoms with E-state index in [2.05, 4.69) is 9.71 Å². The van der Waals surface area contributed by atoms with Crippen LogP contribution in [0.5, 0.6) is 0 Å². The number of anilines is 1. The summed E-state index contributed by atoms with van der Waals surface area (Å²) in [4.78, 5) is 5.15. The Morgan fingerprint density at radius 3 is 2.85 bits per heavy atom. The Morgan fingerprint density at radius 2 is 1.95 bits per heavy atom. The number of nitrogens with zero attached hydrogens (tertiary/aromatic N) is 1. The fourth-order valence-electron chi connectivity index (χ4n) is 2.52. The smallest absolute Gasteiger partial charge is 0.151 e. The fourth-order valence-corrected chi connectivity index (χ4v) is 3.86.